The number of benzene rings is 1. The average Bonchev–Trinajstić information content (AvgIpc) is 2.98. The van der Waals surface area contributed by atoms with Gasteiger partial charge in [0.25, 0.3) is 5.56 Å². The highest BCUT2D eigenvalue weighted by atomic mass is 32.2. The molecule has 1 fully saturated rings. The van der Waals surface area contributed by atoms with Gasteiger partial charge in [-0.3, -0.25) is 19.4 Å². The zero-order valence-electron chi connectivity index (χ0n) is 15.2. The molecule has 0 bridgehead atoms. The van der Waals surface area contributed by atoms with Gasteiger partial charge in [-0.15, -0.1) is 0 Å². The number of hydrogen-bond donors (Lipinski definition) is 2. The number of aromatic amines is 1. The van der Waals surface area contributed by atoms with Crippen LogP contribution in [-0.4, -0.2) is 30.4 Å². The first-order valence-electron chi connectivity index (χ1n) is 9.29. The van der Waals surface area contributed by atoms with E-state index in [9.17, 15) is 18.0 Å². The summed E-state index contributed by atoms with van der Waals surface area (Å²) in [6.45, 7) is 0. The molecule has 8 heteroatoms. The summed E-state index contributed by atoms with van der Waals surface area (Å²) in [6.07, 6.45) is 6.73. The lowest BCUT2D eigenvalue weighted by Gasteiger charge is -2.28. The molecule has 1 unspecified atom stereocenters. The molecule has 2 heterocycles. The standard InChI is InChI=1S/C19H23N3O4S/c1-27(25,26)14-9-7-12(8-10-14)15-11-16(23)20-18-17(15)19(24)21-22(18)13-5-3-2-4-6-13/h7-10,13,15H,2-6,11H2,1H3,(H,20,23)(H,21,24). The number of amides is 1. The minimum absolute atomic E-state index is 0.136. The number of fused-ring (bicyclic) bond motifs is 1. The van der Waals surface area contributed by atoms with Gasteiger partial charge in [0.1, 0.15) is 5.82 Å². The molecule has 1 aromatic heterocycles. The predicted octanol–water partition coefficient (Wildman–Crippen LogP) is 2.56. The molecule has 27 heavy (non-hydrogen) atoms. The van der Waals surface area contributed by atoms with Gasteiger partial charge in [-0.05, 0) is 30.5 Å². The molecule has 144 valence electrons. The number of H-pyrrole nitrogens is 1. The number of nitrogens with one attached hydrogen (secondary N) is 2. The lowest BCUT2D eigenvalue weighted by molar-refractivity contribution is -0.116. The van der Waals surface area contributed by atoms with E-state index in [-0.39, 0.29) is 34.7 Å². The van der Waals surface area contributed by atoms with Crippen molar-refractivity contribution in [3.63, 3.8) is 0 Å². The maximum Gasteiger partial charge on any atom is 0.270 e. The van der Waals surface area contributed by atoms with Gasteiger partial charge in [0, 0.05) is 18.6 Å². The van der Waals surface area contributed by atoms with Gasteiger partial charge in [0.2, 0.25) is 5.91 Å². The van der Waals surface area contributed by atoms with Crippen molar-refractivity contribution in [2.75, 3.05) is 11.6 Å². The highest BCUT2D eigenvalue weighted by Crippen LogP contribution is 2.38. The molecule has 1 atom stereocenters. The van der Waals surface area contributed by atoms with Crippen LogP contribution < -0.4 is 10.9 Å². The summed E-state index contributed by atoms with van der Waals surface area (Å²) >= 11 is 0. The Hall–Kier alpha value is -2.35. The molecule has 0 saturated heterocycles. The van der Waals surface area contributed by atoms with E-state index in [2.05, 4.69) is 10.4 Å². The van der Waals surface area contributed by atoms with E-state index < -0.39 is 9.84 Å². The molecule has 1 aromatic carbocycles. The second-order valence-electron chi connectivity index (χ2n) is 7.51. The second-order valence-corrected chi connectivity index (χ2v) is 9.53. The number of rotatable bonds is 3. The number of carbonyl (C=O) groups excluding carboxylic acids is 1. The molecule has 1 amide bonds. The largest absolute Gasteiger partial charge is 0.311 e. The van der Waals surface area contributed by atoms with Crippen LogP contribution in [0.4, 0.5) is 5.82 Å². The summed E-state index contributed by atoms with van der Waals surface area (Å²) in [5.41, 5.74) is 1.14. The van der Waals surface area contributed by atoms with Gasteiger partial charge in [-0.1, -0.05) is 31.4 Å². The van der Waals surface area contributed by atoms with E-state index in [0.29, 0.717) is 11.4 Å². The molecule has 2 N–H and O–H groups in total. The van der Waals surface area contributed by atoms with Crippen molar-refractivity contribution in [3.05, 3.63) is 45.7 Å². The average molecular weight is 389 g/mol. The van der Waals surface area contributed by atoms with Gasteiger partial charge in [0.05, 0.1) is 16.5 Å². The Morgan fingerprint density at radius 3 is 2.33 bits per heavy atom. The number of aromatic nitrogens is 2. The molecular weight excluding hydrogens is 366 g/mol. The quantitative estimate of drug-likeness (QED) is 0.842. The molecule has 0 radical (unpaired) electrons. The number of sulfone groups is 1. The van der Waals surface area contributed by atoms with Gasteiger partial charge >= 0.3 is 0 Å². The third-order valence-electron chi connectivity index (χ3n) is 5.61. The summed E-state index contributed by atoms with van der Waals surface area (Å²) < 4.78 is 25.2. The molecule has 2 aliphatic rings. The molecule has 1 saturated carbocycles. The SMILES string of the molecule is CS(=O)(=O)c1ccc(C2CC(=O)Nc3c2c(=O)[nH]n3C2CCCCC2)cc1. The zero-order chi connectivity index (χ0) is 19.2. The van der Waals surface area contributed by atoms with Gasteiger partial charge < -0.3 is 5.32 Å². The topological polar surface area (TPSA) is 101 Å². The van der Waals surface area contributed by atoms with E-state index in [4.69, 9.17) is 0 Å². The summed E-state index contributed by atoms with van der Waals surface area (Å²) in [5, 5.41) is 5.81. The van der Waals surface area contributed by atoms with E-state index >= 15 is 0 Å². The van der Waals surface area contributed by atoms with Crippen molar-refractivity contribution in [2.45, 2.75) is 55.4 Å². The first kappa shape index (κ1) is 18.0. The van der Waals surface area contributed by atoms with Crippen LogP contribution in [0, 0.1) is 0 Å². The minimum Gasteiger partial charge on any atom is -0.311 e. The van der Waals surface area contributed by atoms with Crippen molar-refractivity contribution in [2.24, 2.45) is 0 Å². The normalized spacial score (nSPS) is 20.9. The second kappa shape index (κ2) is 6.67. The maximum atomic E-state index is 12.7. The van der Waals surface area contributed by atoms with Crippen LogP contribution in [0.15, 0.2) is 34.0 Å². The Kier molecular flexibility index (Phi) is 4.46. The summed E-state index contributed by atoms with van der Waals surface area (Å²) in [7, 11) is -3.29. The Labute approximate surface area is 157 Å². The van der Waals surface area contributed by atoms with Crippen LogP contribution in [-0.2, 0) is 14.6 Å². The molecule has 1 aliphatic carbocycles. The Morgan fingerprint density at radius 2 is 1.70 bits per heavy atom. The summed E-state index contributed by atoms with van der Waals surface area (Å²) in [6, 6.07) is 6.65. The lowest BCUT2D eigenvalue weighted by Crippen LogP contribution is -2.27. The number of nitrogens with zero attached hydrogens (tertiary/aromatic N) is 1. The molecule has 4 rings (SSSR count). The molecule has 7 nitrogen and oxygen atoms in total. The van der Waals surface area contributed by atoms with E-state index in [1.807, 2.05) is 4.68 Å². The molecule has 0 spiro atoms. The first-order valence-corrected chi connectivity index (χ1v) is 11.2. The Morgan fingerprint density at radius 1 is 1.04 bits per heavy atom. The van der Waals surface area contributed by atoms with Crippen LogP contribution >= 0.6 is 0 Å². The monoisotopic (exact) mass is 389 g/mol. The molecule has 2 aromatic rings. The van der Waals surface area contributed by atoms with Gasteiger partial charge in [-0.25, -0.2) is 8.42 Å². The fraction of sp³-hybridized carbons (Fsp3) is 0.474. The van der Waals surface area contributed by atoms with Crippen LogP contribution in [0.2, 0.25) is 0 Å². The fourth-order valence-corrected chi connectivity index (χ4v) is 4.86. The Balaban J connectivity index is 1.76. The van der Waals surface area contributed by atoms with Crippen molar-refractivity contribution < 1.29 is 13.2 Å². The smallest absolute Gasteiger partial charge is 0.270 e. The van der Waals surface area contributed by atoms with Crippen molar-refractivity contribution in [1.82, 2.24) is 9.78 Å². The highest BCUT2D eigenvalue weighted by molar-refractivity contribution is 7.90. The molecule has 1 aliphatic heterocycles. The zero-order valence-corrected chi connectivity index (χ0v) is 16.0. The number of hydrogen-bond acceptors (Lipinski definition) is 4. The fourth-order valence-electron chi connectivity index (χ4n) is 4.23. The highest BCUT2D eigenvalue weighted by Gasteiger charge is 2.34. The van der Waals surface area contributed by atoms with Crippen LogP contribution in [0.1, 0.15) is 61.6 Å². The van der Waals surface area contributed by atoms with Crippen LogP contribution in [0.3, 0.4) is 0 Å². The first-order chi connectivity index (χ1) is 12.8. The van der Waals surface area contributed by atoms with Gasteiger partial charge in [0.15, 0.2) is 9.84 Å². The number of carbonyl (C=O) groups is 1. The predicted molar refractivity (Wildman–Crippen MR) is 102 cm³/mol. The number of anilines is 1. The van der Waals surface area contributed by atoms with Gasteiger partial charge in [-0.2, -0.15) is 0 Å². The maximum absolute atomic E-state index is 12.7. The third-order valence-corrected chi connectivity index (χ3v) is 6.74. The van der Waals surface area contributed by atoms with Crippen molar-refractivity contribution in [1.29, 1.82) is 0 Å². The lowest BCUT2D eigenvalue weighted by atomic mass is 9.87. The molecular formula is C19H23N3O4S. The third kappa shape index (κ3) is 3.34. The van der Waals surface area contributed by atoms with Crippen LogP contribution in [0.5, 0.6) is 0 Å². The van der Waals surface area contributed by atoms with Crippen LogP contribution in [0.25, 0.3) is 0 Å². The van der Waals surface area contributed by atoms with E-state index in [1.165, 1.54) is 18.6 Å². The van der Waals surface area contributed by atoms with Crippen molar-refractivity contribution in [3.8, 4) is 0 Å². The summed E-state index contributed by atoms with van der Waals surface area (Å²) in [4.78, 5) is 25.3. The Bertz CT molecular complexity index is 1030. The summed E-state index contributed by atoms with van der Waals surface area (Å²) in [5.74, 6) is 0.0551. The van der Waals surface area contributed by atoms with E-state index in [0.717, 1.165) is 37.5 Å². The van der Waals surface area contributed by atoms with Crippen molar-refractivity contribution >= 4 is 21.6 Å². The van der Waals surface area contributed by atoms with E-state index in [1.54, 1.807) is 12.1 Å². The minimum atomic E-state index is -3.29.